The molecule has 0 aromatic carbocycles. The lowest BCUT2D eigenvalue weighted by atomic mass is 9.87. The fraction of sp³-hybridized carbons (Fsp3) is 0.667. The maximum Gasteiger partial charge on any atom is 0.490 e. The summed E-state index contributed by atoms with van der Waals surface area (Å²) in [4.78, 5) is 28.7. The quantitative estimate of drug-likeness (QED) is 0.770. The molecule has 1 atom stereocenters. The third-order valence-corrected chi connectivity index (χ3v) is 5.67. The number of rotatable bonds is 2. The number of thiophene rings is 1. The Bertz CT molecular complexity index is 684. The SMILES string of the molecule is CN(C)C(=O)N1CCOCC2(CCN(Cc3cccs3)C2)C1.O=C(O)C(F)(F)F. The fourth-order valence-electron chi connectivity index (χ4n) is 3.47. The number of carbonyl (C=O) groups excluding carboxylic acids is 1. The molecular weight excluding hydrogens is 411 g/mol. The normalized spacial score (nSPS) is 22.7. The van der Waals surface area contributed by atoms with Gasteiger partial charge in [0.05, 0.1) is 13.2 Å². The molecule has 1 N–H and O–H groups in total. The predicted octanol–water partition coefficient (Wildman–Crippen LogP) is 2.59. The Morgan fingerprint density at radius 2 is 2.00 bits per heavy atom. The Labute approximate surface area is 171 Å². The first-order chi connectivity index (χ1) is 13.5. The summed E-state index contributed by atoms with van der Waals surface area (Å²) in [6.07, 6.45) is -3.98. The van der Waals surface area contributed by atoms with Crippen molar-refractivity contribution in [1.29, 1.82) is 0 Å². The van der Waals surface area contributed by atoms with Crippen LogP contribution in [0.25, 0.3) is 0 Å². The number of aliphatic carboxylic acids is 1. The van der Waals surface area contributed by atoms with Crippen LogP contribution in [-0.4, -0.2) is 91.5 Å². The molecule has 2 aliphatic heterocycles. The van der Waals surface area contributed by atoms with E-state index in [1.54, 1.807) is 4.90 Å². The van der Waals surface area contributed by atoms with Gasteiger partial charge >= 0.3 is 18.2 Å². The zero-order valence-corrected chi connectivity index (χ0v) is 17.3. The van der Waals surface area contributed by atoms with Crippen LogP contribution in [0.15, 0.2) is 17.5 Å². The minimum Gasteiger partial charge on any atom is -0.475 e. The van der Waals surface area contributed by atoms with Gasteiger partial charge in [0.1, 0.15) is 0 Å². The van der Waals surface area contributed by atoms with Crippen LogP contribution in [0.2, 0.25) is 0 Å². The second kappa shape index (κ2) is 9.77. The second-order valence-corrected chi connectivity index (χ2v) is 8.53. The molecule has 2 saturated heterocycles. The molecule has 164 valence electrons. The highest BCUT2D eigenvalue weighted by Crippen LogP contribution is 2.34. The zero-order valence-electron chi connectivity index (χ0n) is 16.4. The highest BCUT2D eigenvalue weighted by atomic mass is 32.1. The highest BCUT2D eigenvalue weighted by molar-refractivity contribution is 7.09. The van der Waals surface area contributed by atoms with Crippen LogP contribution in [0.5, 0.6) is 0 Å². The number of alkyl halides is 3. The maximum absolute atomic E-state index is 12.3. The lowest BCUT2D eigenvalue weighted by molar-refractivity contribution is -0.192. The van der Waals surface area contributed by atoms with Gasteiger partial charge in [-0.3, -0.25) is 4.90 Å². The van der Waals surface area contributed by atoms with Crippen LogP contribution >= 0.6 is 11.3 Å². The van der Waals surface area contributed by atoms with E-state index in [-0.39, 0.29) is 11.4 Å². The van der Waals surface area contributed by atoms with Crippen molar-refractivity contribution >= 4 is 23.3 Å². The van der Waals surface area contributed by atoms with Crippen LogP contribution in [0.1, 0.15) is 11.3 Å². The first kappa shape index (κ1) is 23.4. The molecule has 0 bridgehead atoms. The molecular formula is C18H26F3N3O4S. The van der Waals surface area contributed by atoms with Crippen LogP contribution in [-0.2, 0) is 16.1 Å². The Morgan fingerprint density at radius 1 is 1.31 bits per heavy atom. The fourth-order valence-corrected chi connectivity index (χ4v) is 4.22. The summed E-state index contributed by atoms with van der Waals surface area (Å²) in [5, 5.41) is 9.26. The van der Waals surface area contributed by atoms with E-state index in [0.717, 1.165) is 39.2 Å². The monoisotopic (exact) mass is 437 g/mol. The Balaban J connectivity index is 0.000000370. The van der Waals surface area contributed by atoms with Crippen molar-refractivity contribution in [2.75, 3.05) is 53.5 Å². The largest absolute Gasteiger partial charge is 0.490 e. The number of carboxylic acid groups (broad SMARTS) is 1. The van der Waals surface area contributed by atoms with E-state index < -0.39 is 12.1 Å². The minimum absolute atomic E-state index is 0.0967. The van der Waals surface area contributed by atoms with E-state index in [4.69, 9.17) is 14.6 Å². The van der Waals surface area contributed by atoms with E-state index in [1.165, 1.54) is 4.88 Å². The standard InChI is InChI=1S/C16H25N3O2S.C2HF3O2/c1-17(2)15(20)19-7-8-21-13-16(12-19)5-6-18(11-16)10-14-4-3-9-22-14;3-2(4,5)1(6)7/h3-4,9H,5-8,10-13H2,1-2H3;(H,6,7). The van der Waals surface area contributed by atoms with Crippen LogP contribution in [0, 0.1) is 5.41 Å². The molecule has 2 aliphatic rings. The van der Waals surface area contributed by atoms with Crippen molar-refractivity contribution in [2.24, 2.45) is 5.41 Å². The van der Waals surface area contributed by atoms with Gasteiger partial charge in [0.15, 0.2) is 0 Å². The van der Waals surface area contributed by atoms with Crippen molar-refractivity contribution in [2.45, 2.75) is 19.1 Å². The summed E-state index contributed by atoms with van der Waals surface area (Å²) >= 11 is 1.81. The summed E-state index contributed by atoms with van der Waals surface area (Å²) in [5.74, 6) is -2.76. The topological polar surface area (TPSA) is 73.3 Å². The third kappa shape index (κ3) is 6.86. The number of hydrogen-bond donors (Lipinski definition) is 1. The average molecular weight is 437 g/mol. The lowest BCUT2D eigenvalue weighted by Crippen LogP contribution is -2.46. The molecule has 11 heteroatoms. The van der Waals surface area contributed by atoms with Crippen molar-refractivity contribution < 1.29 is 32.6 Å². The number of likely N-dealkylation sites (tertiary alicyclic amines) is 1. The molecule has 1 spiro atoms. The zero-order chi connectivity index (χ0) is 21.7. The number of carboxylic acids is 1. The number of nitrogens with zero attached hydrogens (tertiary/aromatic N) is 3. The molecule has 3 heterocycles. The lowest BCUT2D eigenvalue weighted by Gasteiger charge is -2.33. The van der Waals surface area contributed by atoms with Crippen LogP contribution < -0.4 is 0 Å². The van der Waals surface area contributed by atoms with Crippen LogP contribution in [0.4, 0.5) is 18.0 Å². The van der Waals surface area contributed by atoms with Gasteiger partial charge in [-0.25, -0.2) is 9.59 Å². The molecule has 0 saturated carbocycles. The van der Waals surface area contributed by atoms with Gasteiger partial charge in [0, 0.05) is 50.6 Å². The van der Waals surface area contributed by atoms with E-state index in [9.17, 15) is 18.0 Å². The Kier molecular flexibility index (Phi) is 7.89. The molecule has 2 fully saturated rings. The predicted molar refractivity (Wildman–Crippen MR) is 102 cm³/mol. The number of urea groups is 1. The Morgan fingerprint density at radius 3 is 2.55 bits per heavy atom. The van der Waals surface area contributed by atoms with Crippen LogP contribution in [0.3, 0.4) is 0 Å². The van der Waals surface area contributed by atoms with Crippen molar-refractivity contribution in [3.8, 4) is 0 Å². The summed E-state index contributed by atoms with van der Waals surface area (Å²) in [6, 6.07) is 4.40. The molecule has 1 aromatic rings. The average Bonchev–Trinajstić information content (AvgIpc) is 3.22. The van der Waals surface area contributed by atoms with E-state index >= 15 is 0 Å². The van der Waals surface area contributed by atoms with Crippen molar-refractivity contribution in [3.63, 3.8) is 0 Å². The molecule has 1 unspecified atom stereocenters. The van der Waals surface area contributed by atoms with Gasteiger partial charge in [0.2, 0.25) is 0 Å². The summed E-state index contributed by atoms with van der Waals surface area (Å²) in [5.41, 5.74) is 0.0967. The van der Waals surface area contributed by atoms with Crippen molar-refractivity contribution in [3.05, 3.63) is 22.4 Å². The summed E-state index contributed by atoms with van der Waals surface area (Å²) in [7, 11) is 3.64. The molecule has 0 aliphatic carbocycles. The molecule has 7 nitrogen and oxygen atoms in total. The number of ether oxygens (including phenoxy) is 1. The number of carbonyl (C=O) groups is 2. The first-order valence-corrected chi connectivity index (χ1v) is 9.99. The van der Waals surface area contributed by atoms with Gasteiger partial charge in [0.25, 0.3) is 0 Å². The molecule has 29 heavy (non-hydrogen) atoms. The van der Waals surface area contributed by atoms with Gasteiger partial charge in [-0.1, -0.05) is 6.07 Å². The number of hydrogen-bond acceptors (Lipinski definition) is 5. The number of amides is 2. The summed E-state index contributed by atoms with van der Waals surface area (Å²) in [6.45, 7) is 6.04. The van der Waals surface area contributed by atoms with Gasteiger partial charge in [-0.2, -0.15) is 13.2 Å². The minimum atomic E-state index is -5.08. The molecule has 2 amide bonds. The van der Waals surface area contributed by atoms with E-state index in [1.807, 2.05) is 30.3 Å². The van der Waals surface area contributed by atoms with E-state index in [0.29, 0.717) is 13.2 Å². The highest BCUT2D eigenvalue weighted by Gasteiger charge is 2.42. The first-order valence-electron chi connectivity index (χ1n) is 9.11. The second-order valence-electron chi connectivity index (χ2n) is 7.49. The van der Waals surface area contributed by atoms with Gasteiger partial charge in [-0.15, -0.1) is 11.3 Å². The molecule has 3 rings (SSSR count). The van der Waals surface area contributed by atoms with E-state index in [2.05, 4.69) is 22.4 Å². The van der Waals surface area contributed by atoms with Gasteiger partial charge < -0.3 is 19.6 Å². The Hall–Kier alpha value is -1.85. The third-order valence-electron chi connectivity index (χ3n) is 4.81. The molecule has 0 radical (unpaired) electrons. The van der Waals surface area contributed by atoms with Crippen molar-refractivity contribution in [1.82, 2.24) is 14.7 Å². The maximum atomic E-state index is 12.3. The smallest absolute Gasteiger partial charge is 0.475 e. The summed E-state index contributed by atoms with van der Waals surface area (Å²) < 4.78 is 37.6. The molecule has 1 aromatic heterocycles. The number of halogens is 3. The van der Waals surface area contributed by atoms with Gasteiger partial charge in [-0.05, 0) is 24.4 Å².